The second-order valence-corrected chi connectivity index (χ2v) is 2.61. The number of hydrogen-bond donors (Lipinski definition) is 2. The van der Waals surface area contributed by atoms with Crippen LogP contribution >= 0.6 is 0 Å². The summed E-state index contributed by atoms with van der Waals surface area (Å²) in [6.07, 6.45) is 2.10. The first kappa shape index (κ1) is 9.45. The smallest absolute Gasteiger partial charge is 0.164 e. The topological polar surface area (TPSA) is 49.7 Å². The van der Waals surface area contributed by atoms with Crippen LogP contribution in [0.3, 0.4) is 0 Å². The van der Waals surface area contributed by atoms with Gasteiger partial charge in [0.2, 0.25) is 0 Å². The molecule has 3 nitrogen and oxygen atoms in total. The second kappa shape index (κ2) is 3.85. The summed E-state index contributed by atoms with van der Waals surface area (Å²) in [5.41, 5.74) is 0.553. The highest BCUT2D eigenvalue weighted by molar-refractivity contribution is 5.52. The van der Waals surface area contributed by atoms with Crippen LogP contribution < -0.4 is 4.74 Å². The third kappa shape index (κ3) is 1.75. The fourth-order valence-corrected chi connectivity index (χ4v) is 1.14. The van der Waals surface area contributed by atoms with Crippen LogP contribution in [0, 0.1) is 0 Å². The zero-order valence-electron chi connectivity index (χ0n) is 7.45. The number of rotatable bonds is 3. The Balaban J connectivity index is 3.23. The summed E-state index contributed by atoms with van der Waals surface area (Å²) in [4.78, 5) is 0. The van der Waals surface area contributed by atoms with Gasteiger partial charge in [-0.15, -0.1) is 6.58 Å². The van der Waals surface area contributed by atoms with Crippen molar-refractivity contribution in [3.8, 4) is 17.2 Å². The molecule has 0 fully saturated rings. The van der Waals surface area contributed by atoms with Gasteiger partial charge in [0, 0.05) is 5.56 Å². The van der Waals surface area contributed by atoms with Gasteiger partial charge in [0.05, 0.1) is 7.11 Å². The minimum atomic E-state index is -0.141. The first-order valence-corrected chi connectivity index (χ1v) is 3.89. The Morgan fingerprint density at radius 3 is 2.69 bits per heavy atom. The van der Waals surface area contributed by atoms with Gasteiger partial charge in [0.15, 0.2) is 11.5 Å². The second-order valence-electron chi connectivity index (χ2n) is 2.61. The SMILES string of the molecule is C=CCc1c(OC)ccc(O)c1O. The van der Waals surface area contributed by atoms with Crippen LogP contribution in [-0.2, 0) is 6.42 Å². The van der Waals surface area contributed by atoms with E-state index in [4.69, 9.17) is 4.74 Å². The Kier molecular flexibility index (Phi) is 2.80. The van der Waals surface area contributed by atoms with Gasteiger partial charge in [-0.2, -0.15) is 0 Å². The van der Waals surface area contributed by atoms with Crippen molar-refractivity contribution in [1.82, 2.24) is 0 Å². The Morgan fingerprint density at radius 2 is 2.15 bits per heavy atom. The molecule has 1 aromatic rings. The molecule has 0 amide bonds. The van der Waals surface area contributed by atoms with Gasteiger partial charge in [-0.3, -0.25) is 0 Å². The van der Waals surface area contributed by atoms with E-state index >= 15 is 0 Å². The number of phenolic OH excluding ortho intramolecular Hbond substituents is 2. The van der Waals surface area contributed by atoms with E-state index < -0.39 is 0 Å². The summed E-state index contributed by atoms with van der Waals surface area (Å²) >= 11 is 0. The summed E-state index contributed by atoms with van der Waals surface area (Å²) in [6.45, 7) is 3.55. The molecule has 0 aromatic heterocycles. The molecule has 2 N–H and O–H groups in total. The van der Waals surface area contributed by atoms with Crippen molar-refractivity contribution < 1.29 is 14.9 Å². The van der Waals surface area contributed by atoms with Crippen LogP contribution in [0.4, 0.5) is 0 Å². The van der Waals surface area contributed by atoms with Crippen LogP contribution in [0.5, 0.6) is 17.2 Å². The largest absolute Gasteiger partial charge is 0.504 e. The van der Waals surface area contributed by atoms with E-state index in [9.17, 15) is 10.2 Å². The van der Waals surface area contributed by atoms with Crippen molar-refractivity contribution in [1.29, 1.82) is 0 Å². The molecule has 0 aliphatic rings. The first-order chi connectivity index (χ1) is 6.20. The summed E-state index contributed by atoms with van der Waals surface area (Å²) in [6, 6.07) is 2.99. The van der Waals surface area contributed by atoms with Gasteiger partial charge in [-0.1, -0.05) is 6.08 Å². The monoisotopic (exact) mass is 180 g/mol. The third-order valence-corrected chi connectivity index (χ3v) is 1.79. The lowest BCUT2D eigenvalue weighted by Gasteiger charge is -2.09. The molecule has 0 radical (unpaired) electrons. The van der Waals surface area contributed by atoms with Crippen LogP contribution in [0.2, 0.25) is 0 Å². The van der Waals surface area contributed by atoms with Gasteiger partial charge in [0.1, 0.15) is 5.75 Å². The Hall–Kier alpha value is -1.64. The zero-order valence-corrected chi connectivity index (χ0v) is 7.45. The van der Waals surface area contributed by atoms with Gasteiger partial charge in [-0.25, -0.2) is 0 Å². The van der Waals surface area contributed by atoms with Gasteiger partial charge < -0.3 is 14.9 Å². The van der Waals surface area contributed by atoms with E-state index in [-0.39, 0.29) is 11.5 Å². The lowest BCUT2D eigenvalue weighted by Crippen LogP contribution is -1.91. The standard InChI is InChI=1S/C10H12O3/c1-3-4-7-9(13-2)6-5-8(11)10(7)12/h3,5-6,11-12H,1,4H2,2H3. The minimum Gasteiger partial charge on any atom is -0.504 e. The molecular weight excluding hydrogens is 168 g/mol. The van der Waals surface area contributed by atoms with Crippen molar-refractivity contribution in [2.75, 3.05) is 7.11 Å². The number of allylic oxidation sites excluding steroid dienone is 1. The molecule has 70 valence electrons. The molecule has 0 heterocycles. The summed E-state index contributed by atoms with van der Waals surface area (Å²) in [7, 11) is 1.51. The van der Waals surface area contributed by atoms with Crippen LogP contribution in [-0.4, -0.2) is 17.3 Å². The van der Waals surface area contributed by atoms with Crippen LogP contribution in [0.25, 0.3) is 0 Å². The van der Waals surface area contributed by atoms with E-state index in [1.165, 1.54) is 13.2 Å². The van der Waals surface area contributed by atoms with E-state index in [0.29, 0.717) is 17.7 Å². The highest BCUT2D eigenvalue weighted by Gasteiger charge is 2.10. The highest BCUT2D eigenvalue weighted by atomic mass is 16.5. The van der Waals surface area contributed by atoms with E-state index in [2.05, 4.69) is 6.58 Å². The molecule has 0 saturated carbocycles. The molecule has 0 aliphatic carbocycles. The third-order valence-electron chi connectivity index (χ3n) is 1.79. The maximum absolute atomic E-state index is 9.46. The van der Waals surface area contributed by atoms with Crippen molar-refractivity contribution in [3.63, 3.8) is 0 Å². The molecule has 13 heavy (non-hydrogen) atoms. The van der Waals surface area contributed by atoms with Gasteiger partial charge in [-0.05, 0) is 18.6 Å². The molecular formula is C10H12O3. The molecule has 0 aliphatic heterocycles. The van der Waals surface area contributed by atoms with Crippen LogP contribution in [0.1, 0.15) is 5.56 Å². The maximum Gasteiger partial charge on any atom is 0.164 e. The number of phenols is 2. The van der Waals surface area contributed by atoms with Crippen LogP contribution in [0.15, 0.2) is 24.8 Å². The fourth-order valence-electron chi connectivity index (χ4n) is 1.14. The van der Waals surface area contributed by atoms with E-state index in [1.807, 2.05) is 0 Å². The number of ether oxygens (including phenoxy) is 1. The van der Waals surface area contributed by atoms with E-state index in [0.717, 1.165) is 0 Å². The summed E-state index contributed by atoms with van der Waals surface area (Å²) < 4.78 is 5.01. The molecule has 0 unspecified atom stereocenters. The quantitative estimate of drug-likeness (QED) is 0.551. The molecule has 0 saturated heterocycles. The highest BCUT2D eigenvalue weighted by Crippen LogP contribution is 2.35. The molecule has 1 rings (SSSR count). The molecule has 0 spiro atoms. The summed E-state index contributed by atoms with van der Waals surface area (Å²) in [5.74, 6) is 0.270. The summed E-state index contributed by atoms with van der Waals surface area (Å²) in [5, 5.41) is 18.7. The Labute approximate surface area is 76.9 Å². The van der Waals surface area contributed by atoms with Gasteiger partial charge in [0.25, 0.3) is 0 Å². The molecule has 0 bridgehead atoms. The molecule has 3 heteroatoms. The average Bonchev–Trinajstić information content (AvgIpc) is 2.14. The minimum absolute atomic E-state index is 0.140. The van der Waals surface area contributed by atoms with Gasteiger partial charge >= 0.3 is 0 Å². The Morgan fingerprint density at radius 1 is 1.46 bits per heavy atom. The Bertz CT molecular complexity index is 318. The first-order valence-electron chi connectivity index (χ1n) is 3.89. The predicted molar refractivity (Wildman–Crippen MR) is 50.2 cm³/mol. The normalized spacial score (nSPS) is 9.62. The molecule has 1 aromatic carbocycles. The lowest BCUT2D eigenvalue weighted by molar-refractivity contribution is 0.379. The predicted octanol–water partition coefficient (Wildman–Crippen LogP) is 1.83. The number of methoxy groups -OCH3 is 1. The van der Waals surface area contributed by atoms with Crippen molar-refractivity contribution in [2.45, 2.75) is 6.42 Å². The maximum atomic E-state index is 9.46. The molecule has 0 atom stereocenters. The average molecular weight is 180 g/mol. The number of hydrogen-bond acceptors (Lipinski definition) is 3. The van der Waals surface area contributed by atoms with E-state index in [1.54, 1.807) is 12.1 Å². The van der Waals surface area contributed by atoms with Crippen molar-refractivity contribution >= 4 is 0 Å². The lowest BCUT2D eigenvalue weighted by atomic mass is 10.1. The fraction of sp³-hybridized carbons (Fsp3) is 0.200. The van der Waals surface area contributed by atoms with Crippen molar-refractivity contribution in [3.05, 3.63) is 30.4 Å². The zero-order chi connectivity index (χ0) is 9.84. The number of benzene rings is 1. The number of aromatic hydroxyl groups is 2. The van der Waals surface area contributed by atoms with Crippen molar-refractivity contribution in [2.24, 2.45) is 0 Å².